The smallest absolute Gasteiger partial charge is 0.147 e. The number of hydrogen-bond acceptors (Lipinski definition) is 3. The second-order valence-electron chi connectivity index (χ2n) is 5.64. The van der Waals surface area contributed by atoms with Crippen LogP contribution in [0.5, 0.6) is 5.75 Å². The van der Waals surface area contributed by atoms with Gasteiger partial charge in [0.2, 0.25) is 0 Å². The lowest BCUT2D eigenvalue weighted by molar-refractivity contribution is -0.127. The first kappa shape index (κ1) is 13.8. The van der Waals surface area contributed by atoms with E-state index >= 15 is 0 Å². The van der Waals surface area contributed by atoms with Gasteiger partial charge in [0.05, 0.1) is 11.5 Å². The van der Waals surface area contributed by atoms with Crippen LogP contribution in [0.2, 0.25) is 0 Å². The van der Waals surface area contributed by atoms with Gasteiger partial charge in [-0.25, -0.2) is 0 Å². The van der Waals surface area contributed by atoms with Gasteiger partial charge in [-0.05, 0) is 36.1 Å². The molecule has 0 aliphatic heterocycles. The van der Waals surface area contributed by atoms with Crippen LogP contribution in [0.4, 0.5) is 0 Å². The Kier molecular flexibility index (Phi) is 3.52. The van der Waals surface area contributed by atoms with Crippen molar-refractivity contribution in [2.75, 3.05) is 0 Å². The third kappa shape index (κ3) is 2.34. The lowest BCUT2D eigenvalue weighted by atomic mass is 9.63. The monoisotopic (exact) mass is 282 g/mol. The minimum Gasteiger partial charge on any atom is -0.508 e. The number of carbonyl (C=O) groups is 1. The number of hydrogen-bond donors (Lipinski definition) is 2. The van der Waals surface area contributed by atoms with Crippen molar-refractivity contribution in [1.82, 2.24) is 0 Å². The average Bonchev–Trinajstić information content (AvgIpc) is 2.51. The second-order valence-corrected chi connectivity index (χ2v) is 5.64. The van der Waals surface area contributed by atoms with Gasteiger partial charge in [-0.1, -0.05) is 42.5 Å². The predicted molar refractivity (Wildman–Crippen MR) is 80.2 cm³/mol. The first-order valence-electron chi connectivity index (χ1n) is 7.19. The highest BCUT2D eigenvalue weighted by Gasteiger charge is 2.45. The van der Waals surface area contributed by atoms with Gasteiger partial charge in [-0.2, -0.15) is 0 Å². The quantitative estimate of drug-likeness (QED) is 0.890. The van der Waals surface area contributed by atoms with Crippen LogP contribution < -0.4 is 0 Å². The summed E-state index contributed by atoms with van der Waals surface area (Å²) in [7, 11) is 0. The number of aliphatic hydroxyl groups is 1. The highest BCUT2D eigenvalue weighted by Crippen LogP contribution is 2.42. The molecule has 0 aromatic heterocycles. The number of aromatic hydroxyl groups is 1. The van der Waals surface area contributed by atoms with Gasteiger partial charge in [0.15, 0.2) is 0 Å². The summed E-state index contributed by atoms with van der Waals surface area (Å²) in [4.78, 5) is 12.8. The zero-order chi connectivity index (χ0) is 14.9. The van der Waals surface area contributed by atoms with Crippen LogP contribution in [0, 0.1) is 0 Å². The molecule has 3 nitrogen and oxygen atoms in total. The molecule has 0 saturated heterocycles. The van der Waals surface area contributed by atoms with Gasteiger partial charge in [-0.3, -0.25) is 4.79 Å². The minimum absolute atomic E-state index is 0.129. The van der Waals surface area contributed by atoms with E-state index in [1.165, 1.54) is 0 Å². The molecule has 1 aliphatic rings. The largest absolute Gasteiger partial charge is 0.508 e. The van der Waals surface area contributed by atoms with E-state index in [1.54, 1.807) is 24.3 Å². The number of carbonyl (C=O) groups excluding carboxylic acids is 1. The summed E-state index contributed by atoms with van der Waals surface area (Å²) < 4.78 is 0. The van der Waals surface area contributed by atoms with Crippen molar-refractivity contribution in [2.24, 2.45) is 0 Å². The number of phenolic OH excluding ortho intramolecular Hbond substituents is 1. The zero-order valence-corrected chi connectivity index (χ0v) is 11.7. The number of phenols is 1. The summed E-state index contributed by atoms with van der Waals surface area (Å²) in [6, 6.07) is 16.3. The Hall–Kier alpha value is -2.13. The Labute approximate surface area is 123 Å². The fourth-order valence-electron chi connectivity index (χ4n) is 3.27. The molecule has 21 heavy (non-hydrogen) atoms. The lowest BCUT2D eigenvalue weighted by Gasteiger charge is -2.39. The van der Waals surface area contributed by atoms with E-state index in [2.05, 4.69) is 0 Å². The number of rotatable bonds is 2. The van der Waals surface area contributed by atoms with E-state index in [0.29, 0.717) is 19.3 Å². The second kappa shape index (κ2) is 5.34. The zero-order valence-electron chi connectivity index (χ0n) is 11.7. The molecule has 0 amide bonds. The fourth-order valence-corrected chi connectivity index (χ4v) is 3.27. The van der Waals surface area contributed by atoms with E-state index in [0.717, 1.165) is 11.1 Å². The van der Waals surface area contributed by atoms with Crippen LogP contribution in [0.25, 0.3) is 0 Å². The molecule has 3 rings (SSSR count). The van der Waals surface area contributed by atoms with Crippen LogP contribution in [0.15, 0.2) is 54.6 Å². The molecule has 2 N–H and O–H groups in total. The summed E-state index contributed by atoms with van der Waals surface area (Å²) in [5.41, 5.74) is 0.918. The Morgan fingerprint density at radius 1 is 0.952 bits per heavy atom. The number of aliphatic hydroxyl groups excluding tert-OH is 1. The van der Waals surface area contributed by atoms with E-state index in [9.17, 15) is 15.0 Å². The number of Topliss-reactive ketones (excluding diaryl/α,β-unsaturated/α-hetero) is 1. The molecule has 1 aliphatic carbocycles. The van der Waals surface area contributed by atoms with Gasteiger partial charge in [-0.15, -0.1) is 0 Å². The molecular weight excluding hydrogens is 264 g/mol. The molecular formula is C18H18O3. The van der Waals surface area contributed by atoms with E-state index < -0.39 is 11.5 Å². The molecule has 1 fully saturated rings. The van der Waals surface area contributed by atoms with Crippen LogP contribution in [-0.4, -0.2) is 22.1 Å². The Morgan fingerprint density at radius 3 is 2.24 bits per heavy atom. The predicted octanol–water partition coefficient (Wildman–Crippen LogP) is 2.79. The van der Waals surface area contributed by atoms with Crippen molar-refractivity contribution in [3.05, 3.63) is 65.7 Å². The maximum Gasteiger partial charge on any atom is 0.147 e. The number of ketones is 1. The van der Waals surface area contributed by atoms with Crippen molar-refractivity contribution < 1.29 is 15.0 Å². The van der Waals surface area contributed by atoms with Crippen LogP contribution in [0.1, 0.15) is 30.4 Å². The molecule has 0 radical (unpaired) electrons. The van der Waals surface area contributed by atoms with Crippen LogP contribution in [-0.2, 0) is 10.2 Å². The van der Waals surface area contributed by atoms with E-state index in [-0.39, 0.29) is 11.5 Å². The third-order valence-corrected chi connectivity index (χ3v) is 4.35. The van der Waals surface area contributed by atoms with Crippen molar-refractivity contribution in [3.63, 3.8) is 0 Å². The first-order chi connectivity index (χ1) is 10.1. The summed E-state index contributed by atoms with van der Waals surface area (Å²) >= 11 is 0. The molecule has 2 atom stereocenters. The molecule has 2 aromatic rings. The van der Waals surface area contributed by atoms with Crippen molar-refractivity contribution >= 4 is 5.78 Å². The Balaban J connectivity index is 2.19. The molecule has 2 aromatic carbocycles. The molecule has 2 unspecified atom stereocenters. The van der Waals surface area contributed by atoms with Gasteiger partial charge in [0.1, 0.15) is 11.5 Å². The first-order valence-corrected chi connectivity index (χ1v) is 7.19. The van der Waals surface area contributed by atoms with Gasteiger partial charge >= 0.3 is 0 Å². The summed E-state index contributed by atoms with van der Waals surface area (Å²) in [6.45, 7) is 0. The maximum absolute atomic E-state index is 12.8. The topological polar surface area (TPSA) is 57.5 Å². The fraction of sp³-hybridized carbons (Fsp3) is 0.278. The standard InChI is InChI=1S/C18H18O3/c19-15-8-6-14(7-9-15)18(13-4-2-1-3-5-13)12-16(20)10-11-17(18)21/h1-9,16,19-20H,10-12H2. The highest BCUT2D eigenvalue weighted by atomic mass is 16.3. The van der Waals surface area contributed by atoms with Crippen LogP contribution in [0.3, 0.4) is 0 Å². The summed E-state index contributed by atoms with van der Waals surface area (Å²) in [5, 5.41) is 19.6. The molecule has 3 heteroatoms. The summed E-state index contributed by atoms with van der Waals surface area (Å²) in [5.74, 6) is 0.301. The lowest BCUT2D eigenvalue weighted by Crippen LogP contribution is -2.44. The summed E-state index contributed by atoms with van der Waals surface area (Å²) in [6.07, 6.45) is 0.792. The SMILES string of the molecule is O=C1CCC(O)CC1(c1ccccc1)c1ccc(O)cc1. The van der Waals surface area contributed by atoms with E-state index in [1.807, 2.05) is 30.3 Å². The molecule has 0 bridgehead atoms. The van der Waals surface area contributed by atoms with Crippen LogP contribution >= 0.6 is 0 Å². The molecule has 0 heterocycles. The van der Waals surface area contributed by atoms with Crippen molar-refractivity contribution in [3.8, 4) is 5.75 Å². The highest BCUT2D eigenvalue weighted by molar-refractivity contribution is 5.94. The third-order valence-electron chi connectivity index (χ3n) is 4.35. The Morgan fingerprint density at radius 2 is 1.57 bits per heavy atom. The van der Waals surface area contributed by atoms with Gasteiger partial charge < -0.3 is 10.2 Å². The van der Waals surface area contributed by atoms with E-state index in [4.69, 9.17) is 0 Å². The van der Waals surface area contributed by atoms with Crippen molar-refractivity contribution in [1.29, 1.82) is 0 Å². The Bertz CT molecular complexity index is 633. The maximum atomic E-state index is 12.8. The molecule has 0 spiro atoms. The normalized spacial score (nSPS) is 25.8. The van der Waals surface area contributed by atoms with Crippen molar-refractivity contribution in [2.45, 2.75) is 30.8 Å². The minimum atomic E-state index is -0.813. The number of benzene rings is 2. The van der Waals surface area contributed by atoms with Gasteiger partial charge in [0.25, 0.3) is 0 Å². The van der Waals surface area contributed by atoms with Gasteiger partial charge in [0, 0.05) is 6.42 Å². The molecule has 108 valence electrons. The molecule has 1 saturated carbocycles. The average molecular weight is 282 g/mol.